The number of alkyl carbamates (subject to hydrolysis) is 1. The van der Waals surface area contributed by atoms with Gasteiger partial charge in [0.2, 0.25) is 15.9 Å². The van der Waals surface area contributed by atoms with Gasteiger partial charge in [0.1, 0.15) is 17.4 Å². The third-order valence-corrected chi connectivity index (χ3v) is 13.8. The molecule has 12 heteroatoms. The van der Waals surface area contributed by atoms with E-state index in [4.69, 9.17) is 21.1 Å². The third-order valence-electron chi connectivity index (χ3n) is 11.6. The van der Waals surface area contributed by atoms with Crippen LogP contribution in [0.3, 0.4) is 0 Å². The number of piperazine rings is 1. The number of ether oxygens (including phenoxy) is 2. The van der Waals surface area contributed by atoms with Gasteiger partial charge in [-0.15, -0.1) is 0 Å². The van der Waals surface area contributed by atoms with Crippen molar-refractivity contribution in [2.45, 2.75) is 120 Å². The molecule has 3 atom stereocenters. The van der Waals surface area contributed by atoms with Crippen molar-refractivity contribution in [1.82, 2.24) is 19.4 Å². The maximum atomic E-state index is 14.8. The number of benzene rings is 3. The number of nitrogens with zero attached hydrogens (tertiary/aromatic N) is 3. The molecular weight excluding hydrogens is 736 g/mol. The van der Waals surface area contributed by atoms with E-state index in [9.17, 15) is 18.0 Å². The summed E-state index contributed by atoms with van der Waals surface area (Å²) in [6.07, 6.45) is 8.47. The lowest BCUT2D eigenvalue weighted by atomic mass is 9.90. The van der Waals surface area contributed by atoms with Crippen LogP contribution >= 0.6 is 11.6 Å². The Bertz CT molecular complexity index is 1880. The number of fused-ring (bicyclic) bond motifs is 2. The standard InChI is InChI=1S/C43H55ClN4O6S/c1-43(2,3)54-42(50)45-35-25-36-17-18-37(26-35)48(36)41(49)40-28-46(27-30-9-11-32(12-10-30)33-13-15-34(44)16-14-33)23-24-47(40)55(51,52)39-21-19-38(20-22-39)53-29-31-7-5-4-6-8-31/h9-16,19-22,31,35-37,40H,4-8,17-18,23-29H2,1-3H3,(H,45,50). The van der Waals surface area contributed by atoms with Gasteiger partial charge in [-0.05, 0) is 118 Å². The molecule has 3 aromatic rings. The lowest BCUT2D eigenvalue weighted by Crippen LogP contribution is -2.63. The van der Waals surface area contributed by atoms with Gasteiger partial charge in [0.25, 0.3) is 0 Å². The predicted octanol–water partition coefficient (Wildman–Crippen LogP) is 7.89. The van der Waals surface area contributed by atoms with Gasteiger partial charge in [0, 0.05) is 49.3 Å². The molecule has 0 radical (unpaired) electrons. The fourth-order valence-corrected chi connectivity index (χ4v) is 10.6. The van der Waals surface area contributed by atoms with Gasteiger partial charge in [0.15, 0.2) is 0 Å². The van der Waals surface area contributed by atoms with E-state index in [1.807, 2.05) is 49.9 Å². The van der Waals surface area contributed by atoms with Crippen LogP contribution < -0.4 is 10.1 Å². The molecule has 3 unspecified atom stereocenters. The van der Waals surface area contributed by atoms with Crippen molar-refractivity contribution in [2.75, 3.05) is 26.2 Å². The number of amides is 2. The zero-order chi connectivity index (χ0) is 38.7. The minimum atomic E-state index is -4.02. The van der Waals surface area contributed by atoms with Crippen LogP contribution in [0.5, 0.6) is 5.75 Å². The molecule has 3 aliphatic heterocycles. The van der Waals surface area contributed by atoms with Crippen molar-refractivity contribution < 1.29 is 27.5 Å². The quantitative estimate of drug-likeness (QED) is 0.223. The number of halogens is 1. The van der Waals surface area contributed by atoms with Crippen LogP contribution in [0.1, 0.15) is 84.1 Å². The fraction of sp³-hybridized carbons (Fsp3) is 0.535. The number of rotatable bonds is 10. The summed E-state index contributed by atoms with van der Waals surface area (Å²) in [7, 11) is -4.02. The van der Waals surface area contributed by atoms with E-state index in [-0.39, 0.29) is 42.0 Å². The molecule has 55 heavy (non-hydrogen) atoms. The van der Waals surface area contributed by atoms with E-state index in [0.717, 1.165) is 29.5 Å². The first-order valence-electron chi connectivity index (χ1n) is 20.0. The molecule has 10 nitrogen and oxygen atoms in total. The van der Waals surface area contributed by atoms with Gasteiger partial charge in [-0.25, -0.2) is 13.2 Å². The first-order chi connectivity index (χ1) is 26.3. The highest BCUT2D eigenvalue weighted by Gasteiger charge is 2.49. The summed E-state index contributed by atoms with van der Waals surface area (Å²) in [6, 6.07) is 21.6. The van der Waals surface area contributed by atoms with Crippen molar-refractivity contribution in [3.8, 4) is 16.9 Å². The molecular formula is C43H55ClN4O6S. The summed E-state index contributed by atoms with van der Waals surface area (Å²) in [5.74, 6) is 1.03. The summed E-state index contributed by atoms with van der Waals surface area (Å²) < 4.78 is 41.9. The lowest BCUT2D eigenvalue weighted by Gasteiger charge is -2.45. The smallest absolute Gasteiger partial charge is 0.407 e. The highest BCUT2D eigenvalue weighted by atomic mass is 35.5. The summed E-state index contributed by atoms with van der Waals surface area (Å²) in [5, 5.41) is 3.71. The van der Waals surface area contributed by atoms with Crippen LogP contribution in [0.4, 0.5) is 4.79 Å². The molecule has 7 rings (SSSR count). The summed E-state index contributed by atoms with van der Waals surface area (Å²) in [5.41, 5.74) is 2.62. The average molecular weight is 791 g/mol. The number of nitrogens with one attached hydrogen (secondary N) is 1. The van der Waals surface area contributed by atoms with Gasteiger partial charge in [0.05, 0.1) is 11.5 Å². The molecule has 4 aliphatic rings. The number of sulfonamides is 1. The highest BCUT2D eigenvalue weighted by Crippen LogP contribution is 2.38. The number of carbonyl (C=O) groups is 2. The third kappa shape index (κ3) is 9.67. The first kappa shape index (κ1) is 39.6. The Labute approximate surface area is 331 Å². The van der Waals surface area contributed by atoms with E-state index in [0.29, 0.717) is 49.2 Å². The largest absolute Gasteiger partial charge is 0.493 e. The van der Waals surface area contributed by atoms with E-state index in [2.05, 4.69) is 34.5 Å². The van der Waals surface area contributed by atoms with E-state index >= 15 is 0 Å². The molecule has 0 aromatic heterocycles. The van der Waals surface area contributed by atoms with Gasteiger partial charge in [-0.3, -0.25) is 9.69 Å². The Kier molecular flexibility index (Phi) is 12.1. The van der Waals surface area contributed by atoms with Gasteiger partial charge in [-0.2, -0.15) is 4.31 Å². The Hall–Kier alpha value is -3.64. The van der Waals surface area contributed by atoms with E-state index < -0.39 is 27.8 Å². The SMILES string of the molecule is CC(C)(C)OC(=O)NC1CC2CCC(C1)N2C(=O)C1CN(Cc2ccc(-c3ccc(Cl)cc3)cc2)CCN1S(=O)(=O)c1ccc(OCC2CCCCC2)cc1. The Morgan fingerprint density at radius 3 is 2.05 bits per heavy atom. The van der Waals surface area contributed by atoms with Crippen LogP contribution in [-0.4, -0.2) is 90.5 Å². The summed E-state index contributed by atoms with van der Waals surface area (Å²) in [6.45, 7) is 7.67. The first-order valence-corrected chi connectivity index (χ1v) is 21.8. The molecule has 4 fully saturated rings. The van der Waals surface area contributed by atoms with Crippen molar-refractivity contribution in [1.29, 1.82) is 0 Å². The van der Waals surface area contributed by atoms with E-state index in [1.165, 1.54) is 36.4 Å². The zero-order valence-electron chi connectivity index (χ0n) is 32.3. The van der Waals surface area contributed by atoms with Gasteiger partial charge in [-0.1, -0.05) is 67.3 Å². The summed E-state index contributed by atoms with van der Waals surface area (Å²) in [4.78, 5) is 31.7. The molecule has 3 heterocycles. The predicted molar refractivity (Wildman–Crippen MR) is 214 cm³/mol. The average Bonchev–Trinajstić information content (AvgIpc) is 3.43. The van der Waals surface area contributed by atoms with Crippen LogP contribution in [0.2, 0.25) is 5.02 Å². The second-order valence-corrected chi connectivity index (χ2v) is 19.1. The molecule has 1 aliphatic carbocycles. The second kappa shape index (κ2) is 16.8. The number of carbonyl (C=O) groups excluding carboxylic acids is 2. The van der Waals surface area contributed by atoms with E-state index in [1.54, 1.807) is 24.3 Å². The van der Waals surface area contributed by atoms with Crippen LogP contribution in [0.25, 0.3) is 11.1 Å². The second-order valence-electron chi connectivity index (χ2n) is 16.8. The van der Waals surface area contributed by atoms with Crippen molar-refractivity contribution in [2.24, 2.45) is 5.92 Å². The van der Waals surface area contributed by atoms with Crippen LogP contribution in [0, 0.1) is 5.92 Å². The van der Waals surface area contributed by atoms with Crippen LogP contribution in [-0.2, 0) is 26.1 Å². The Balaban J connectivity index is 1.08. The number of hydrogen-bond donors (Lipinski definition) is 1. The van der Waals surface area contributed by atoms with Gasteiger partial charge >= 0.3 is 6.09 Å². The minimum absolute atomic E-state index is 0.0906. The number of piperidine rings is 1. The molecule has 1 saturated carbocycles. The molecule has 0 spiro atoms. The summed E-state index contributed by atoms with van der Waals surface area (Å²) >= 11 is 6.10. The number of hydrogen-bond acceptors (Lipinski definition) is 7. The monoisotopic (exact) mass is 790 g/mol. The fourth-order valence-electron chi connectivity index (χ4n) is 8.87. The Morgan fingerprint density at radius 2 is 1.44 bits per heavy atom. The van der Waals surface area contributed by atoms with Crippen molar-refractivity contribution in [3.63, 3.8) is 0 Å². The van der Waals surface area contributed by atoms with Gasteiger partial charge < -0.3 is 19.7 Å². The molecule has 296 valence electrons. The van der Waals surface area contributed by atoms with Crippen molar-refractivity contribution >= 4 is 33.6 Å². The zero-order valence-corrected chi connectivity index (χ0v) is 33.9. The maximum absolute atomic E-state index is 14.8. The molecule has 3 aromatic carbocycles. The normalized spacial score (nSPS) is 24.0. The Morgan fingerprint density at radius 1 is 0.818 bits per heavy atom. The topological polar surface area (TPSA) is 108 Å². The molecule has 2 bridgehead atoms. The van der Waals surface area contributed by atoms with Crippen LogP contribution in [0.15, 0.2) is 77.7 Å². The highest BCUT2D eigenvalue weighted by molar-refractivity contribution is 7.89. The molecule has 3 saturated heterocycles. The minimum Gasteiger partial charge on any atom is -0.493 e. The molecule has 2 amide bonds. The maximum Gasteiger partial charge on any atom is 0.407 e. The molecule has 1 N–H and O–H groups in total. The lowest BCUT2D eigenvalue weighted by molar-refractivity contribution is -0.142. The van der Waals surface area contributed by atoms with Crippen molar-refractivity contribution in [3.05, 3.63) is 83.4 Å².